The number of hydrogen-bond acceptors (Lipinski definition) is 2. The topological polar surface area (TPSA) is 66.4 Å². The highest BCUT2D eigenvalue weighted by atomic mass is 127. The van der Waals surface area contributed by atoms with E-state index in [1.807, 2.05) is 22.6 Å². The van der Waals surface area contributed by atoms with Gasteiger partial charge < -0.3 is 10.4 Å². The minimum Gasteiger partial charge on any atom is -0.478 e. The Hall–Kier alpha value is -1.67. The highest BCUT2D eigenvalue weighted by Gasteiger charge is 2.17. The number of amides is 1. The maximum atomic E-state index is 13.8. The van der Waals surface area contributed by atoms with Crippen molar-refractivity contribution in [3.63, 3.8) is 0 Å². The predicted molar refractivity (Wildman–Crippen MR) is 85.5 cm³/mol. The van der Waals surface area contributed by atoms with Crippen LogP contribution in [0.1, 0.15) is 20.7 Å². The quantitative estimate of drug-likeness (QED) is 0.738. The SMILES string of the molecule is O=C(O)c1cc(I)ccc1NC(=O)c1cccc(Cl)c1F. The smallest absolute Gasteiger partial charge is 0.337 e. The van der Waals surface area contributed by atoms with Gasteiger partial charge in [0.2, 0.25) is 0 Å². The number of carboxylic acids is 1. The van der Waals surface area contributed by atoms with Crippen molar-refractivity contribution in [2.45, 2.75) is 0 Å². The molecule has 2 aromatic rings. The van der Waals surface area contributed by atoms with E-state index in [2.05, 4.69) is 5.32 Å². The maximum absolute atomic E-state index is 13.8. The first-order chi connectivity index (χ1) is 9.90. The van der Waals surface area contributed by atoms with Crippen molar-refractivity contribution in [1.82, 2.24) is 0 Å². The normalized spacial score (nSPS) is 10.2. The zero-order valence-electron chi connectivity index (χ0n) is 10.4. The minimum atomic E-state index is -1.18. The molecule has 1 amide bonds. The average Bonchev–Trinajstić information content (AvgIpc) is 2.43. The summed E-state index contributed by atoms with van der Waals surface area (Å²) in [4.78, 5) is 23.2. The highest BCUT2D eigenvalue weighted by Crippen LogP contribution is 2.22. The Labute approximate surface area is 138 Å². The molecule has 0 aliphatic heterocycles. The van der Waals surface area contributed by atoms with E-state index in [4.69, 9.17) is 16.7 Å². The molecule has 2 rings (SSSR count). The molecule has 0 aliphatic rings. The molecule has 0 unspecified atom stereocenters. The number of hydrogen-bond donors (Lipinski definition) is 2. The molecule has 0 radical (unpaired) electrons. The molecule has 4 nitrogen and oxygen atoms in total. The molecule has 0 aromatic heterocycles. The third-order valence-corrected chi connectivity index (χ3v) is 3.62. The summed E-state index contributed by atoms with van der Waals surface area (Å²) in [7, 11) is 0. The number of aromatic carboxylic acids is 1. The number of rotatable bonds is 3. The van der Waals surface area contributed by atoms with Crippen LogP contribution in [0.5, 0.6) is 0 Å². The van der Waals surface area contributed by atoms with Gasteiger partial charge in [0, 0.05) is 3.57 Å². The molecule has 21 heavy (non-hydrogen) atoms. The molecule has 0 bridgehead atoms. The zero-order valence-corrected chi connectivity index (χ0v) is 13.3. The van der Waals surface area contributed by atoms with E-state index in [0.29, 0.717) is 3.57 Å². The summed E-state index contributed by atoms with van der Waals surface area (Å²) in [6.07, 6.45) is 0. The average molecular weight is 420 g/mol. The Morgan fingerprint density at radius 2 is 1.90 bits per heavy atom. The van der Waals surface area contributed by atoms with Crippen LogP contribution < -0.4 is 5.32 Å². The second-order valence-electron chi connectivity index (χ2n) is 4.05. The molecule has 0 saturated carbocycles. The van der Waals surface area contributed by atoms with Crippen LogP contribution in [-0.4, -0.2) is 17.0 Å². The first-order valence-electron chi connectivity index (χ1n) is 5.68. The van der Waals surface area contributed by atoms with Crippen molar-refractivity contribution in [3.05, 3.63) is 61.9 Å². The summed E-state index contributed by atoms with van der Waals surface area (Å²) in [6.45, 7) is 0. The van der Waals surface area contributed by atoms with Crippen LogP contribution in [0.15, 0.2) is 36.4 Å². The van der Waals surface area contributed by atoms with E-state index in [0.717, 1.165) is 0 Å². The number of halogens is 3. The molecular formula is C14H8ClFINO3. The third-order valence-electron chi connectivity index (χ3n) is 2.66. The van der Waals surface area contributed by atoms with Gasteiger partial charge in [-0.15, -0.1) is 0 Å². The van der Waals surface area contributed by atoms with Gasteiger partial charge in [0.05, 0.1) is 21.8 Å². The van der Waals surface area contributed by atoms with E-state index >= 15 is 0 Å². The molecule has 0 saturated heterocycles. The lowest BCUT2D eigenvalue weighted by Crippen LogP contribution is -2.16. The maximum Gasteiger partial charge on any atom is 0.337 e. The van der Waals surface area contributed by atoms with E-state index < -0.39 is 17.7 Å². The van der Waals surface area contributed by atoms with Gasteiger partial charge in [0.1, 0.15) is 0 Å². The van der Waals surface area contributed by atoms with E-state index in [1.165, 1.54) is 30.3 Å². The molecule has 108 valence electrons. The van der Waals surface area contributed by atoms with Crippen LogP contribution in [0.3, 0.4) is 0 Å². The van der Waals surface area contributed by atoms with Crippen molar-refractivity contribution in [3.8, 4) is 0 Å². The number of carboxylic acid groups (broad SMARTS) is 1. The van der Waals surface area contributed by atoms with Gasteiger partial charge in [-0.3, -0.25) is 4.79 Å². The fourth-order valence-corrected chi connectivity index (χ4v) is 2.34. The van der Waals surface area contributed by atoms with Crippen molar-refractivity contribution < 1.29 is 19.1 Å². The lowest BCUT2D eigenvalue weighted by atomic mass is 10.1. The molecule has 0 atom stereocenters. The summed E-state index contributed by atoms with van der Waals surface area (Å²) in [5, 5.41) is 11.3. The van der Waals surface area contributed by atoms with Crippen molar-refractivity contribution in [2.24, 2.45) is 0 Å². The van der Waals surface area contributed by atoms with Crippen molar-refractivity contribution in [1.29, 1.82) is 0 Å². The molecule has 7 heteroatoms. The number of nitrogens with one attached hydrogen (secondary N) is 1. The van der Waals surface area contributed by atoms with Gasteiger partial charge in [-0.2, -0.15) is 0 Å². The fraction of sp³-hybridized carbons (Fsp3) is 0. The molecule has 0 aliphatic carbocycles. The Morgan fingerprint density at radius 1 is 1.19 bits per heavy atom. The second kappa shape index (κ2) is 6.40. The van der Waals surface area contributed by atoms with Gasteiger partial charge in [0.15, 0.2) is 5.82 Å². The molecule has 2 aromatic carbocycles. The largest absolute Gasteiger partial charge is 0.478 e. The number of carbonyl (C=O) groups is 2. The molecule has 0 fully saturated rings. The lowest BCUT2D eigenvalue weighted by Gasteiger charge is -2.10. The van der Waals surface area contributed by atoms with Gasteiger partial charge in [-0.1, -0.05) is 17.7 Å². The molecule has 0 spiro atoms. The Kier molecular flexibility index (Phi) is 4.79. The number of anilines is 1. The second-order valence-corrected chi connectivity index (χ2v) is 5.70. The van der Waals surface area contributed by atoms with Crippen LogP contribution in [0, 0.1) is 9.39 Å². The monoisotopic (exact) mass is 419 g/mol. The van der Waals surface area contributed by atoms with Crippen molar-refractivity contribution in [2.75, 3.05) is 5.32 Å². The van der Waals surface area contributed by atoms with Gasteiger partial charge in [0.25, 0.3) is 5.91 Å². The fourth-order valence-electron chi connectivity index (χ4n) is 1.67. The summed E-state index contributed by atoms with van der Waals surface area (Å²) in [6, 6.07) is 8.52. The van der Waals surface area contributed by atoms with Crippen LogP contribution in [0.2, 0.25) is 5.02 Å². The van der Waals surface area contributed by atoms with Gasteiger partial charge >= 0.3 is 5.97 Å². The number of carbonyl (C=O) groups excluding carboxylic acids is 1. The minimum absolute atomic E-state index is 0.0716. The van der Waals surface area contributed by atoms with Gasteiger partial charge in [-0.25, -0.2) is 9.18 Å². The van der Waals surface area contributed by atoms with E-state index in [-0.39, 0.29) is 21.8 Å². The third kappa shape index (κ3) is 3.51. The number of benzene rings is 2. The Balaban J connectivity index is 2.36. The lowest BCUT2D eigenvalue weighted by molar-refractivity contribution is 0.0698. The molecule has 2 N–H and O–H groups in total. The zero-order chi connectivity index (χ0) is 15.6. The first kappa shape index (κ1) is 15.7. The van der Waals surface area contributed by atoms with E-state index in [1.54, 1.807) is 6.07 Å². The summed E-state index contributed by atoms with van der Waals surface area (Å²) in [5.41, 5.74) is -0.234. The summed E-state index contributed by atoms with van der Waals surface area (Å²) >= 11 is 7.57. The Bertz CT molecular complexity index is 736. The highest BCUT2D eigenvalue weighted by molar-refractivity contribution is 14.1. The van der Waals surface area contributed by atoms with Gasteiger partial charge in [-0.05, 0) is 52.9 Å². The van der Waals surface area contributed by atoms with Crippen LogP contribution in [-0.2, 0) is 0 Å². The van der Waals surface area contributed by atoms with Crippen molar-refractivity contribution >= 4 is 51.8 Å². The first-order valence-corrected chi connectivity index (χ1v) is 7.14. The van der Waals surface area contributed by atoms with Crippen LogP contribution in [0.25, 0.3) is 0 Å². The Morgan fingerprint density at radius 3 is 2.57 bits per heavy atom. The van der Waals surface area contributed by atoms with Crippen LogP contribution >= 0.6 is 34.2 Å². The molecule has 0 heterocycles. The molecular weight excluding hydrogens is 412 g/mol. The predicted octanol–water partition coefficient (Wildman–Crippen LogP) is 4.03. The summed E-state index contributed by atoms with van der Waals surface area (Å²) in [5.74, 6) is -2.80. The standard InChI is InChI=1S/C14H8ClFINO3/c15-10-3-1-2-8(12(10)16)13(19)18-11-5-4-7(17)6-9(11)14(20)21/h1-6H,(H,18,19)(H,20,21). The van der Waals surface area contributed by atoms with Crippen LogP contribution in [0.4, 0.5) is 10.1 Å². The van der Waals surface area contributed by atoms with E-state index in [9.17, 15) is 14.0 Å². The summed E-state index contributed by atoms with van der Waals surface area (Å²) < 4.78 is 14.5.